The van der Waals surface area contributed by atoms with Crippen LogP contribution >= 0.6 is 0 Å². The van der Waals surface area contributed by atoms with Gasteiger partial charge in [0, 0.05) is 11.1 Å². The Labute approximate surface area is 137 Å². The summed E-state index contributed by atoms with van der Waals surface area (Å²) in [5.74, 6) is 0.394. The number of rotatable bonds is 5. The predicted molar refractivity (Wildman–Crippen MR) is 84.4 cm³/mol. The predicted octanol–water partition coefficient (Wildman–Crippen LogP) is 4.62. The number of halogens is 3. The molecule has 0 aliphatic rings. The van der Waals surface area contributed by atoms with E-state index in [1.54, 1.807) is 18.2 Å². The highest BCUT2D eigenvalue weighted by atomic mass is 19.4. The highest BCUT2D eigenvalue weighted by Crippen LogP contribution is 2.32. The molecule has 0 amide bonds. The van der Waals surface area contributed by atoms with Gasteiger partial charge in [-0.1, -0.05) is 24.3 Å². The van der Waals surface area contributed by atoms with Crippen LogP contribution in [0, 0.1) is 0 Å². The number of carbonyl (C=O) groups is 1. The first-order valence-corrected chi connectivity index (χ1v) is 6.97. The highest BCUT2D eigenvalue weighted by molar-refractivity contribution is 6.07. The summed E-state index contributed by atoms with van der Waals surface area (Å²) in [6.07, 6.45) is -1.81. The van der Waals surface area contributed by atoms with Crippen molar-refractivity contribution in [3.63, 3.8) is 0 Å². The molecule has 2 aromatic rings. The van der Waals surface area contributed by atoms with Crippen molar-refractivity contribution in [1.29, 1.82) is 0 Å². The average Bonchev–Trinajstić information content (AvgIpc) is 2.58. The van der Waals surface area contributed by atoms with E-state index in [0.717, 1.165) is 12.1 Å². The normalized spacial score (nSPS) is 11.5. The summed E-state index contributed by atoms with van der Waals surface area (Å²) >= 11 is 0. The molecule has 0 atom stereocenters. The summed E-state index contributed by atoms with van der Waals surface area (Å²) < 4.78 is 48.5. The molecule has 2 aromatic carbocycles. The molecule has 0 bridgehead atoms. The van der Waals surface area contributed by atoms with E-state index in [1.807, 2.05) is 0 Å². The van der Waals surface area contributed by atoms with Crippen molar-refractivity contribution in [3.8, 4) is 11.5 Å². The van der Waals surface area contributed by atoms with Crippen molar-refractivity contribution in [1.82, 2.24) is 0 Å². The highest BCUT2D eigenvalue weighted by Gasteiger charge is 2.30. The molecular weight excluding hydrogens is 321 g/mol. The van der Waals surface area contributed by atoms with Crippen LogP contribution in [0.2, 0.25) is 0 Å². The quantitative estimate of drug-likeness (QED) is 0.590. The molecule has 0 heterocycles. The van der Waals surface area contributed by atoms with Crippen LogP contribution in [0.5, 0.6) is 11.5 Å². The lowest BCUT2D eigenvalue weighted by Gasteiger charge is -2.10. The van der Waals surface area contributed by atoms with Crippen LogP contribution in [-0.2, 0) is 6.18 Å². The third-order valence-corrected chi connectivity index (χ3v) is 3.32. The van der Waals surface area contributed by atoms with Gasteiger partial charge in [-0.25, -0.2) is 0 Å². The van der Waals surface area contributed by atoms with Gasteiger partial charge in [0.05, 0.1) is 19.8 Å². The third-order valence-electron chi connectivity index (χ3n) is 3.32. The van der Waals surface area contributed by atoms with Crippen LogP contribution in [0.3, 0.4) is 0 Å². The summed E-state index contributed by atoms with van der Waals surface area (Å²) in [6, 6.07) is 9.42. The minimum atomic E-state index is -4.49. The van der Waals surface area contributed by atoms with Gasteiger partial charge in [-0.3, -0.25) is 4.79 Å². The molecule has 0 aromatic heterocycles. The molecule has 0 radical (unpaired) electrons. The number of methoxy groups -OCH3 is 2. The molecule has 3 nitrogen and oxygen atoms in total. The first-order chi connectivity index (χ1) is 11.4. The number of alkyl halides is 3. The Balaban J connectivity index is 2.29. The molecule has 126 valence electrons. The minimum Gasteiger partial charge on any atom is -0.493 e. The van der Waals surface area contributed by atoms with Gasteiger partial charge < -0.3 is 9.47 Å². The molecule has 0 fully saturated rings. The summed E-state index contributed by atoms with van der Waals surface area (Å²) in [5.41, 5.74) is -0.319. The Morgan fingerprint density at radius 3 is 2.38 bits per heavy atom. The second kappa shape index (κ2) is 7.21. The van der Waals surface area contributed by atoms with Crippen molar-refractivity contribution in [2.75, 3.05) is 14.2 Å². The summed E-state index contributed by atoms with van der Waals surface area (Å²) in [6.45, 7) is 0. The van der Waals surface area contributed by atoms with E-state index in [2.05, 4.69) is 0 Å². The van der Waals surface area contributed by atoms with Crippen LogP contribution < -0.4 is 9.47 Å². The van der Waals surface area contributed by atoms with Crippen molar-refractivity contribution in [3.05, 3.63) is 65.2 Å². The molecule has 0 saturated carbocycles. The van der Waals surface area contributed by atoms with Gasteiger partial charge in [0.2, 0.25) is 0 Å². The summed E-state index contributed by atoms with van der Waals surface area (Å²) in [7, 11) is 2.95. The lowest BCUT2D eigenvalue weighted by Crippen LogP contribution is -2.06. The molecule has 2 rings (SSSR count). The number of hydrogen-bond donors (Lipinski definition) is 0. The second-order valence-electron chi connectivity index (χ2n) is 4.86. The van der Waals surface area contributed by atoms with E-state index in [0.29, 0.717) is 17.1 Å². The maximum absolute atomic E-state index is 12.7. The Bertz CT molecular complexity index is 764. The zero-order chi connectivity index (χ0) is 17.7. The molecule has 0 spiro atoms. The molecule has 6 heteroatoms. The Hall–Kier alpha value is -2.76. The molecule has 0 saturated heterocycles. The van der Waals surface area contributed by atoms with Crippen molar-refractivity contribution in [2.24, 2.45) is 0 Å². The number of carbonyl (C=O) groups excluding carboxylic acids is 1. The largest absolute Gasteiger partial charge is 0.493 e. The Morgan fingerprint density at radius 1 is 1.04 bits per heavy atom. The van der Waals surface area contributed by atoms with Crippen LogP contribution in [0.25, 0.3) is 6.08 Å². The summed E-state index contributed by atoms with van der Waals surface area (Å²) in [4.78, 5) is 12.1. The van der Waals surface area contributed by atoms with Gasteiger partial charge in [0.1, 0.15) is 0 Å². The molecule has 0 unspecified atom stereocenters. The third kappa shape index (κ3) is 3.95. The van der Waals surface area contributed by atoms with E-state index in [4.69, 9.17) is 9.47 Å². The van der Waals surface area contributed by atoms with Crippen LogP contribution in [0.1, 0.15) is 21.5 Å². The van der Waals surface area contributed by atoms with Crippen LogP contribution in [0.4, 0.5) is 13.2 Å². The van der Waals surface area contributed by atoms with E-state index < -0.39 is 17.5 Å². The van der Waals surface area contributed by atoms with E-state index >= 15 is 0 Å². The first kappa shape index (κ1) is 17.6. The number of benzene rings is 2. The molecule has 0 aliphatic carbocycles. The zero-order valence-electron chi connectivity index (χ0n) is 13.1. The molecule has 0 N–H and O–H groups in total. The SMILES string of the molecule is COc1cccc(C=CC(=O)c2cccc(C(F)(F)F)c2)c1OC. The van der Waals surface area contributed by atoms with Gasteiger partial charge in [-0.15, -0.1) is 0 Å². The number of hydrogen-bond acceptors (Lipinski definition) is 3. The van der Waals surface area contributed by atoms with E-state index in [-0.39, 0.29) is 5.56 Å². The fourth-order valence-corrected chi connectivity index (χ4v) is 2.15. The molecule has 24 heavy (non-hydrogen) atoms. The molecule has 0 aliphatic heterocycles. The Kier molecular flexibility index (Phi) is 5.28. The van der Waals surface area contributed by atoms with E-state index in [1.165, 1.54) is 38.5 Å². The van der Waals surface area contributed by atoms with Crippen LogP contribution in [-0.4, -0.2) is 20.0 Å². The lowest BCUT2D eigenvalue weighted by molar-refractivity contribution is -0.137. The zero-order valence-corrected chi connectivity index (χ0v) is 13.1. The monoisotopic (exact) mass is 336 g/mol. The average molecular weight is 336 g/mol. The second-order valence-corrected chi connectivity index (χ2v) is 4.86. The first-order valence-electron chi connectivity index (χ1n) is 6.97. The van der Waals surface area contributed by atoms with Gasteiger partial charge in [0.25, 0.3) is 0 Å². The topological polar surface area (TPSA) is 35.5 Å². The Morgan fingerprint density at radius 2 is 1.75 bits per heavy atom. The van der Waals surface area contributed by atoms with Crippen molar-refractivity contribution < 1.29 is 27.4 Å². The van der Waals surface area contributed by atoms with Gasteiger partial charge >= 0.3 is 6.18 Å². The maximum atomic E-state index is 12.7. The standard InChI is InChI=1S/C18H15F3O3/c1-23-16-8-4-5-12(17(16)24-2)9-10-15(22)13-6-3-7-14(11-13)18(19,20)21/h3-11H,1-2H3. The van der Waals surface area contributed by atoms with Crippen LogP contribution in [0.15, 0.2) is 48.5 Å². The van der Waals surface area contributed by atoms with Crippen molar-refractivity contribution in [2.45, 2.75) is 6.18 Å². The summed E-state index contributed by atoms with van der Waals surface area (Å²) in [5, 5.41) is 0. The number of ketones is 1. The van der Waals surface area contributed by atoms with Gasteiger partial charge in [-0.05, 0) is 30.4 Å². The van der Waals surface area contributed by atoms with Gasteiger partial charge in [-0.2, -0.15) is 13.2 Å². The van der Waals surface area contributed by atoms with E-state index in [9.17, 15) is 18.0 Å². The van der Waals surface area contributed by atoms with Crippen molar-refractivity contribution >= 4 is 11.9 Å². The fourth-order valence-electron chi connectivity index (χ4n) is 2.15. The minimum absolute atomic E-state index is 0.0389. The smallest absolute Gasteiger partial charge is 0.416 e. The maximum Gasteiger partial charge on any atom is 0.416 e. The number of allylic oxidation sites excluding steroid dienone is 1. The van der Waals surface area contributed by atoms with Gasteiger partial charge in [0.15, 0.2) is 17.3 Å². The molecular formula is C18H15F3O3. The lowest BCUT2D eigenvalue weighted by atomic mass is 10.1. The number of ether oxygens (including phenoxy) is 2. The fraction of sp³-hybridized carbons (Fsp3) is 0.167. The number of para-hydroxylation sites is 1.